The molecule has 0 saturated heterocycles. The number of sulfone groups is 1. The number of H-pyrrole nitrogens is 1. The Labute approximate surface area is 179 Å². The Bertz CT molecular complexity index is 1220. The molecule has 31 heavy (non-hydrogen) atoms. The quantitative estimate of drug-likeness (QED) is 0.575. The molecule has 1 aromatic carbocycles. The first-order valence-electron chi connectivity index (χ1n) is 9.40. The molecule has 3 heterocycles. The van der Waals surface area contributed by atoms with Gasteiger partial charge in [-0.3, -0.25) is 0 Å². The van der Waals surface area contributed by atoms with Crippen molar-refractivity contribution in [1.82, 2.24) is 9.97 Å². The number of nitrogens with zero attached hydrogens (tertiary/aromatic N) is 2. The van der Waals surface area contributed by atoms with Crippen LogP contribution in [0.4, 0.5) is 0 Å². The van der Waals surface area contributed by atoms with E-state index in [1.54, 1.807) is 19.2 Å². The first-order chi connectivity index (χ1) is 14.9. The number of ether oxygens (including phenoxy) is 3. The van der Waals surface area contributed by atoms with Crippen LogP contribution in [-0.2, 0) is 14.6 Å². The fourth-order valence-electron chi connectivity index (χ4n) is 3.04. The minimum Gasteiger partial charge on any atom is -0.497 e. The van der Waals surface area contributed by atoms with Crippen LogP contribution in [0.1, 0.15) is 5.69 Å². The molecule has 162 valence electrons. The molecule has 1 atom stereocenters. The number of hydrogen-bond donors (Lipinski definition) is 2. The average Bonchev–Trinajstić information content (AvgIpc) is 3.42. The Kier molecular flexibility index (Phi) is 5.66. The van der Waals surface area contributed by atoms with Crippen molar-refractivity contribution in [3.8, 4) is 28.5 Å². The Hall–Kier alpha value is -3.37. The van der Waals surface area contributed by atoms with Crippen LogP contribution in [0.2, 0.25) is 0 Å². The summed E-state index contributed by atoms with van der Waals surface area (Å²) < 4.78 is 40.0. The SMILES string of the molecule is COc1cc(Oc2ccc(S(C)(=O)=O)nc2)cc(-c2ccc(C3=NC[C@H](CO)O3)[nH]2)c1. The largest absolute Gasteiger partial charge is 0.497 e. The van der Waals surface area contributed by atoms with E-state index in [-0.39, 0.29) is 17.7 Å². The van der Waals surface area contributed by atoms with Gasteiger partial charge in [0.25, 0.3) is 0 Å². The predicted molar refractivity (Wildman–Crippen MR) is 114 cm³/mol. The zero-order valence-corrected chi connectivity index (χ0v) is 17.7. The van der Waals surface area contributed by atoms with Crippen molar-refractivity contribution in [1.29, 1.82) is 0 Å². The number of aromatic nitrogens is 2. The van der Waals surface area contributed by atoms with E-state index in [4.69, 9.17) is 14.2 Å². The fourth-order valence-corrected chi connectivity index (χ4v) is 3.59. The lowest BCUT2D eigenvalue weighted by molar-refractivity contribution is 0.130. The van der Waals surface area contributed by atoms with Crippen molar-refractivity contribution in [3.63, 3.8) is 0 Å². The van der Waals surface area contributed by atoms with Crippen LogP contribution in [0.3, 0.4) is 0 Å². The summed E-state index contributed by atoms with van der Waals surface area (Å²) in [4.78, 5) is 11.5. The molecule has 0 spiro atoms. The molecule has 0 bridgehead atoms. The van der Waals surface area contributed by atoms with Gasteiger partial charge < -0.3 is 24.3 Å². The molecule has 3 aromatic rings. The standard InChI is InChI=1S/C21H21N3O6S/c1-28-15-7-13(18-4-5-19(24-18)21-23-11-17(12-25)30-21)8-16(9-15)29-14-3-6-20(22-10-14)31(2,26)27/h3-10,17,24-25H,11-12H2,1-2H3/t17-/m1/s1. The number of hydrogen-bond acceptors (Lipinski definition) is 8. The lowest BCUT2D eigenvalue weighted by Gasteiger charge is -2.10. The molecule has 0 aliphatic carbocycles. The highest BCUT2D eigenvalue weighted by Crippen LogP contribution is 2.32. The number of aromatic amines is 1. The summed E-state index contributed by atoms with van der Waals surface area (Å²) in [5, 5.41) is 9.18. The van der Waals surface area contributed by atoms with E-state index in [1.807, 2.05) is 24.3 Å². The first-order valence-corrected chi connectivity index (χ1v) is 11.3. The van der Waals surface area contributed by atoms with Gasteiger partial charge in [0.05, 0.1) is 26.5 Å². The van der Waals surface area contributed by atoms with Gasteiger partial charge in [-0.25, -0.2) is 18.4 Å². The number of aliphatic hydroxyl groups is 1. The van der Waals surface area contributed by atoms with Crippen LogP contribution in [0, 0.1) is 0 Å². The third kappa shape index (κ3) is 4.70. The lowest BCUT2D eigenvalue weighted by Crippen LogP contribution is -2.17. The maximum Gasteiger partial charge on any atom is 0.233 e. The van der Waals surface area contributed by atoms with E-state index in [9.17, 15) is 13.5 Å². The van der Waals surface area contributed by atoms with Gasteiger partial charge in [-0.05, 0) is 36.4 Å². The number of pyridine rings is 1. The normalized spacial score (nSPS) is 16.0. The van der Waals surface area contributed by atoms with Crippen molar-refractivity contribution in [2.24, 2.45) is 4.99 Å². The van der Waals surface area contributed by atoms with E-state index in [2.05, 4.69) is 15.0 Å². The Balaban J connectivity index is 1.58. The second-order valence-corrected chi connectivity index (χ2v) is 8.92. The maximum atomic E-state index is 11.6. The summed E-state index contributed by atoms with van der Waals surface area (Å²) in [6.45, 7) is 0.334. The summed E-state index contributed by atoms with van der Waals surface area (Å²) in [7, 11) is -1.82. The molecule has 2 N–H and O–H groups in total. The first kappa shape index (κ1) is 20.9. The molecule has 0 saturated carbocycles. The van der Waals surface area contributed by atoms with Crippen molar-refractivity contribution in [3.05, 3.63) is 54.4 Å². The number of methoxy groups -OCH3 is 1. The van der Waals surface area contributed by atoms with Gasteiger partial charge in [0.15, 0.2) is 14.9 Å². The molecule has 0 amide bonds. The van der Waals surface area contributed by atoms with Crippen molar-refractivity contribution < 1.29 is 27.7 Å². The van der Waals surface area contributed by atoms with E-state index in [1.165, 1.54) is 12.3 Å². The molecule has 10 heteroatoms. The Morgan fingerprint density at radius 1 is 1.13 bits per heavy atom. The molecule has 9 nitrogen and oxygen atoms in total. The van der Waals surface area contributed by atoms with E-state index in [0.29, 0.717) is 35.4 Å². The van der Waals surface area contributed by atoms with Crippen LogP contribution in [0.15, 0.2) is 58.7 Å². The van der Waals surface area contributed by atoms with Gasteiger partial charge in [0, 0.05) is 23.6 Å². The van der Waals surface area contributed by atoms with Crippen molar-refractivity contribution >= 4 is 15.7 Å². The van der Waals surface area contributed by atoms with E-state index >= 15 is 0 Å². The Morgan fingerprint density at radius 2 is 1.90 bits per heavy atom. The molecule has 4 rings (SSSR count). The minimum absolute atomic E-state index is 0.0226. The van der Waals surface area contributed by atoms with E-state index in [0.717, 1.165) is 17.5 Å². The summed E-state index contributed by atoms with van der Waals surface area (Å²) in [6.07, 6.45) is 2.14. The van der Waals surface area contributed by atoms with Crippen LogP contribution < -0.4 is 9.47 Å². The molecular formula is C21H21N3O6S. The van der Waals surface area contributed by atoms with Crippen LogP contribution in [-0.4, -0.2) is 62.0 Å². The zero-order valence-electron chi connectivity index (χ0n) is 16.9. The van der Waals surface area contributed by atoms with Gasteiger partial charge in [-0.1, -0.05) is 0 Å². The second-order valence-electron chi connectivity index (χ2n) is 6.96. The monoisotopic (exact) mass is 443 g/mol. The van der Waals surface area contributed by atoms with Crippen LogP contribution in [0.25, 0.3) is 11.3 Å². The fraction of sp³-hybridized carbons (Fsp3) is 0.238. The third-order valence-electron chi connectivity index (χ3n) is 4.59. The zero-order chi connectivity index (χ0) is 22.0. The highest BCUT2D eigenvalue weighted by Gasteiger charge is 2.21. The molecule has 0 unspecified atom stereocenters. The highest BCUT2D eigenvalue weighted by atomic mass is 32.2. The highest BCUT2D eigenvalue weighted by molar-refractivity contribution is 7.90. The van der Waals surface area contributed by atoms with E-state index < -0.39 is 9.84 Å². The van der Waals surface area contributed by atoms with Crippen LogP contribution in [0.5, 0.6) is 17.2 Å². The molecular weight excluding hydrogens is 422 g/mol. The lowest BCUT2D eigenvalue weighted by atomic mass is 10.1. The molecule has 1 aliphatic heterocycles. The third-order valence-corrected chi connectivity index (χ3v) is 5.59. The number of aliphatic hydroxyl groups excluding tert-OH is 1. The molecule has 0 fully saturated rings. The summed E-state index contributed by atoms with van der Waals surface area (Å²) in [5.74, 6) is 1.93. The smallest absolute Gasteiger partial charge is 0.233 e. The number of aliphatic imine (C=N–C) groups is 1. The van der Waals surface area contributed by atoms with Gasteiger partial charge in [-0.15, -0.1) is 0 Å². The number of rotatable bonds is 7. The van der Waals surface area contributed by atoms with Crippen LogP contribution >= 0.6 is 0 Å². The molecule has 2 aromatic heterocycles. The Morgan fingerprint density at radius 3 is 2.55 bits per heavy atom. The minimum atomic E-state index is -3.38. The van der Waals surface area contributed by atoms with Gasteiger partial charge in [-0.2, -0.15) is 0 Å². The number of benzene rings is 1. The summed E-state index contributed by atoms with van der Waals surface area (Å²) in [6, 6.07) is 12.1. The maximum absolute atomic E-state index is 11.6. The molecule has 1 aliphatic rings. The van der Waals surface area contributed by atoms with Gasteiger partial charge in [0.1, 0.15) is 29.0 Å². The predicted octanol–water partition coefficient (Wildman–Crippen LogP) is 2.42. The number of nitrogens with one attached hydrogen (secondary N) is 1. The molecule has 0 radical (unpaired) electrons. The van der Waals surface area contributed by atoms with Crippen molar-refractivity contribution in [2.75, 3.05) is 26.5 Å². The second kappa shape index (κ2) is 8.40. The average molecular weight is 443 g/mol. The summed E-state index contributed by atoms with van der Waals surface area (Å²) >= 11 is 0. The van der Waals surface area contributed by atoms with Gasteiger partial charge >= 0.3 is 0 Å². The van der Waals surface area contributed by atoms with Gasteiger partial charge in [0.2, 0.25) is 5.90 Å². The summed E-state index contributed by atoms with van der Waals surface area (Å²) in [5.41, 5.74) is 2.30. The topological polar surface area (TPSA) is 123 Å². The van der Waals surface area contributed by atoms with Crippen molar-refractivity contribution in [2.45, 2.75) is 11.1 Å².